The van der Waals surface area contributed by atoms with Crippen molar-refractivity contribution < 1.29 is 9.21 Å². The molecule has 0 aromatic carbocycles. The SMILES string of the molecule is CCCCN1CCn2nc(CNC(=O)NCc3ccco3)cc2C1. The topological polar surface area (TPSA) is 75.3 Å². The molecule has 2 aromatic rings. The summed E-state index contributed by atoms with van der Waals surface area (Å²) in [6, 6.07) is 5.50. The second kappa shape index (κ2) is 8.01. The van der Waals surface area contributed by atoms with Gasteiger partial charge in [-0.25, -0.2) is 4.79 Å². The van der Waals surface area contributed by atoms with E-state index in [2.05, 4.69) is 38.3 Å². The van der Waals surface area contributed by atoms with E-state index in [-0.39, 0.29) is 6.03 Å². The molecule has 130 valence electrons. The molecule has 7 heteroatoms. The van der Waals surface area contributed by atoms with Gasteiger partial charge in [-0.05, 0) is 31.2 Å². The summed E-state index contributed by atoms with van der Waals surface area (Å²) in [6.07, 6.45) is 4.05. The largest absolute Gasteiger partial charge is 0.467 e. The Morgan fingerprint density at radius 3 is 3.00 bits per heavy atom. The Morgan fingerprint density at radius 2 is 2.21 bits per heavy atom. The molecule has 0 atom stereocenters. The minimum Gasteiger partial charge on any atom is -0.467 e. The fourth-order valence-corrected chi connectivity index (χ4v) is 2.85. The predicted molar refractivity (Wildman–Crippen MR) is 90.2 cm³/mol. The van der Waals surface area contributed by atoms with Crippen molar-refractivity contribution in [1.29, 1.82) is 0 Å². The maximum Gasteiger partial charge on any atom is 0.315 e. The molecule has 1 aliphatic heterocycles. The number of nitrogens with one attached hydrogen (secondary N) is 2. The van der Waals surface area contributed by atoms with Gasteiger partial charge in [-0.1, -0.05) is 13.3 Å². The first-order valence-corrected chi connectivity index (χ1v) is 8.56. The highest BCUT2D eigenvalue weighted by molar-refractivity contribution is 5.73. The smallest absolute Gasteiger partial charge is 0.315 e. The number of fused-ring (bicyclic) bond motifs is 1. The lowest BCUT2D eigenvalue weighted by Gasteiger charge is -2.27. The van der Waals surface area contributed by atoms with E-state index in [9.17, 15) is 4.79 Å². The molecule has 0 aliphatic carbocycles. The number of hydrogen-bond donors (Lipinski definition) is 2. The van der Waals surface area contributed by atoms with Gasteiger partial charge in [0.05, 0.1) is 37.3 Å². The minimum atomic E-state index is -0.220. The van der Waals surface area contributed by atoms with E-state index in [4.69, 9.17) is 4.42 Å². The lowest BCUT2D eigenvalue weighted by molar-refractivity contribution is 0.210. The van der Waals surface area contributed by atoms with Crippen LogP contribution in [0.3, 0.4) is 0 Å². The van der Waals surface area contributed by atoms with E-state index in [1.165, 1.54) is 18.5 Å². The Labute approximate surface area is 142 Å². The second-order valence-electron chi connectivity index (χ2n) is 6.10. The third-order valence-electron chi connectivity index (χ3n) is 4.19. The van der Waals surface area contributed by atoms with Gasteiger partial charge in [0.1, 0.15) is 5.76 Å². The van der Waals surface area contributed by atoms with Crippen LogP contribution in [0.5, 0.6) is 0 Å². The van der Waals surface area contributed by atoms with E-state index < -0.39 is 0 Å². The summed E-state index contributed by atoms with van der Waals surface area (Å²) in [5, 5.41) is 10.2. The summed E-state index contributed by atoms with van der Waals surface area (Å²) >= 11 is 0. The number of unbranched alkanes of at least 4 members (excludes halogenated alkanes) is 1. The second-order valence-corrected chi connectivity index (χ2v) is 6.10. The van der Waals surface area contributed by atoms with Crippen molar-refractivity contribution in [1.82, 2.24) is 25.3 Å². The van der Waals surface area contributed by atoms with Crippen molar-refractivity contribution in [3.8, 4) is 0 Å². The first-order chi connectivity index (χ1) is 11.7. The van der Waals surface area contributed by atoms with Crippen LogP contribution in [-0.2, 0) is 26.2 Å². The predicted octanol–water partition coefficient (Wildman–Crippen LogP) is 2.09. The van der Waals surface area contributed by atoms with Crippen LogP contribution in [-0.4, -0.2) is 33.8 Å². The zero-order valence-corrected chi connectivity index (χ0v) is 14.1. The van der Waals surface area contributed by atoms with Gasteiger partial charge in [-0.2, -0.15) is 5.10 Å². The van der Waals surface area contributed by atoms with Gasteiger partial charge in [0, 0.05) is 13.1 Å². The van der Waals surface area contributed by atoms with Crippen molar-refractivity contribution in [2.75, 3.05) is 13.1 Å². The summed E-state index contributed by atoms with van der Waals surface area (Å²) in [6.45, 7) is 7.08. The van der Waals surface area contributed by atoms with Gasteiger partial charge >= 0.3 is 6.03 Å². The minimum absolute atomic E-state index is 0.220. The van der Waals surface area contributed by atoms with Crippen LogP contribution < -0.4 is 10.6 Å². The highest BCUT2D eigenvalue weighted by Gasteiger charge is 2.17. The van der Waals surface area contributed by atoms with Gasteiger partial charge in [0.25, 0.3) is 0 Å². The summed E-state index contributed by atoms with van der Waals surface area (Å²) in [5.41, 5.74) is 2.13. The monoisotopic (exact) mass is 331 g/mol. The van der Waals surface area contributed by atoms with E-state index in [1.807, 2.05) is 6.07 Å². The van der Waals surface area contributed by atoms with Crippen LogP contribution in [0.4, 0.5) is 4.79 Å². The molecule has 2 aromatic heterocycles. The molecule has 1 aliphatic rings. The van der Waals surface area contributed by atoms with Gasteiger partial charge in [0.2, 0.25) is 0 Å². The van der Waals surface area contributed by atoms with Crippen LogP contribution in [0.1, 0.15) is 36.9 Å². The molecular formula is C17H25N5O2. The Bertz CT molecular complexity index is 650. The van der Waals surface area contributed by atoms with E-state index in [0.29, 0.717) is 13.1 Å². The first kappa shape index (κ1) is 16.6. The number of nitrogens with zero attached hydrogens (tertiary/aromatic N) is 3. The Morgan fingerprint density at radius 1 is 1.33 bits per heavy atom. The highest BCUT2D eigenvalue weighted by Crippen LogP contribution is 2.14. The van der Waals surface area contributed by atoms with Crippen molar-refractivity contribution >= 4 is 6.03 Å². The average molecular weight is 331 g/mol. The molecule has 0 unspecified atom stereocenters. The number of rotatable bonds is 7. The van der Waals surface area contributed by atoms with Gasteiger partial charge in [-0.3, -0.25) is 9.58 Å². The molecule has 24 heavy (non-hydrogen) atoms. The van der Waals surface area contributed by atoms with Gasteiger partial charge in [0.15, 0.2) is 0 Å². The Balaban J connectivity index is 1.45. The third-order valence-corrected chi connectivity index (χ3v) is 4.19. The van der Waals surface area contributed by atoms with Crippen molar-refractivity contribution in [3.05, 3.63) is 41.6 Å². The van der Waals surface area contributed by atoms with Crippen LogP contribution >= 0.6 is 0 Å². The molecule has 2 N–H and O–H groups in total. The van der Waals surface area contributed by atoms with E-state index in [0.717, 1.165) is 37.6 Å². The molecule has 0 spiro atoms. The normalized spacial score (nSPS) is 14.4. The zero-order valence-electron chi connectivity index (χ0n) is 14.1. The summed E-state index contributed by atoms with van der Waals surface area (Å²) in [5.74, 6) is 0.731. The quantitative estimate of drug-likeness (QED) is 0.815. The van der Waals surface area contributed by atoms with Crippen molar-refractivity contribution in [2.45, 2.75) is 45.9 Å². The fourth-order valence-electron chi connectivity index (χ4n) is 2.85. The molecule has 0 saturated heterocycles. The van der Waals surface area contributed by atoms with Crippen LogP contribution in [0.25, 0.3) is 0 Å². The van der Waals surface area contributed by atoms with Gasteiger partial charge < -0.3 is 15.1 Å². The average Bonchev–Trinajstić information content (AvgIpc) is 3.24. The van der Waals surface area contributed by atoms with Crippen molar-refractivity contribution in [3.63, 3.8) is 0 Å². The lowest BCUT2D eigenvalue weighted by atomic mass is 10.2. The van der Waals surface area contributed by atoms with Crippen LogP contribution in [0, 0.1) is 0 Å². The number of amides is 2. The molecular weight excluding hydrogens is 306 g/mol. The molecule has 0 fully saturated rings. The molecule has 7 nitrogen and oxygen atoms in total. The summed E-state index contributed by atoms with van der Waals surface area (Å²) in [4.78, 5) is 14.3. The number of furan rings is 1. The van der Waals surface area contributed by atoms with Crippen LogP contribution in [0.15, 0.2) is 28.9 Å². The number of carbonyl (C=O) groups excluding carboxylic acids is 1. The van der Waals surface area contributed by atoms with Gasteiger partial charge in [-0.15, -0.1) is 0 Å². The van der Waals surface area contributed by atoms with Crippen molar-refractivity contribution in [2.24, 2.45) is 0 Å². The highest BCUT2D eigenvalue weighted by atomic mass is 16.3. The number of carbonyl (C=O) groups is 1. The first-order valence-electron chi connectivity index (χ1n) is 8.56. The fraction of sp³-hybridized carbons (Fsp3) is 0.529. The molecule has 0 saturated carbocycles. The zero-order chi connectivity index (χ0) is 16.8. The molecule has 0 radical (unpaired) electrons. The maximum atomic E-state index is 11.8. The third kappa shape index (κ3) is 4.38. The lowest BCUT2D eigenvalue weighted by Crippen LogP contribution is -2.35. The Kier molecular flexibility index (Phi) is 5.53. The van der Waals surface area contributed by atoms with E-state index >= 15 is 0 Å². The molecule has 3 heterocycles. The summed E-state index contributed by atoms with van der Waals surface area (Å²) < 4.78 is 7.23. The molecule has 2 amide bonds. The van der Waals surface area contributed by atoms with E-state index in [1.54, 1.807) is 12.3 Å². The number of hydrogen-bond acceptors (Lipinski definition) is 4. The molecule has 0 bridgehead atoms. The number of aromatic nitrogens is 2. The maximum absolute atomic E-state index is 11.8. The van der Waals surface area contributed by atoms with Crippen LogP contribution in [0.2, 0.25) is 0 Å². The molecule has 3 rings (SSSR count). The standard InChI is InChI=1S/C17H25N5O2/c1-2-3-6-21-7-8-22-15(13-21)10-14(20-22)11-18-17(23)19-12-16-5-4-9-24-16/h4-5,9-10H,2-3,6-8,11-13H2,1H3,(H2,18,19,23). The number of urea groups is 1. The summed E-state index contributed by atoms with van der Waals surface area (Å²) in [7, 11) is 0. The Hall–Kier alpha value is -2.28.